The summed E-state index contributed by atoms with van der Waals surface area (Å²) < 4.78 is 17.9. The molecule has 0 radical (unpaired) electrons. The van der Waals surface area contributed by atoms with Crippen LogP contribution >= 0.6 is 0 Å². The van der Waals surface area contributed by atoms with Crippen LogP contribution in [0.15, 0.2) is 12.1 Å². The summed E-state index contributed by atoms with van der Waals surface area (Å²) in [7, 11) is 1.24. The Morgan fingerprint density at radius 2 is 2.29 bits per heavy atom. The molecular formula is C8H9FN2O3. The standard InChI is InChI=1S/C8H9FN2O3/c1-14-7-3-5(4-10)2-6(9)8(7)11(12)13/h2-3H,4,10H2,1H3. The molecule has 5 nitrogen and oxygen atoms in total. The van der Waals surface area contributed by atoms with Gasteiger partial charge in [-0.3, -0.25) is 10.1 Å². The van der Waals surface area contributed by atoms with Crippen molar-refractivity contribution in [2.24, 2.45) is 5.73 Å². The molecular weight excluding hydrogens is 191 g/mol. The summed E-state index contributed by atoms with van der Waals surface area (Å²) in [5, 5.41) is 10.5. The fourth-order valence-electron chi connectivity index (χ4n) is 1.08. The number of rotatable bonds is 3. The molecule has 2 N–H and O–H groups in total. The molecule has 0 unspecified atom stereocenters. The van der Waals surface area contributed by atoms with Gasteiger partial charge in [-0.05, 0) is 17.7 Å². The Kier molecular flexibility index (Phi) is 2.98. The van der Waals surface area contributed by atoms with Gasteiger partial charge in [0.2, 0.25) is 5.82 Å². The smallest absolute Gasteiger partial charge is 0.346 e. The topological polar surface area (TPSA) is 78.4 Å². The lowest BCUT2D eigenvalue weighted by Crippen LogP contribution is -2.02. The average molecular weight is 200 g/mol. The molecule has 0 aliphatic carbocycles. The number of nitrogens with two attached hydrogens (primary N) is 1. The van der Waals surface area contributed by atoms with Crippen molar-refractivity contribution in [1.29, 1.82) is 0 Å². The van der Waals surface area contributed by atoms with E-state index >= 15 is 0 Å². The van der Waals surface area contributed by atoms with Crippen molar-refractivity contribution in [3.8, 4) is 5.75 Å². The van der Waals surface area contributed by atoms with Crippen molar-refractivity contribution in [3.63, 3.8) is 0 Å². The van der Waals surface area contributed by atoms with Crippen molar-refractivity contribution in [2.75, 3.05) is 7.11 Å². The van der Waals surface area contributed by atoms with Crippen molar-refractivity contribution in [2.45, 2.75) is 6.54 Å². The SMILES string of the molecule is COc1cc(CN)cc(F)c1[N+](=O)[O-]. The lowest BCUT2D eigenvalue weighted by Gasteiger charge is -2.04. The van der Waals surface area contributed by atoms with E-state index < -0.39 is 16.4 Å². The number of methoxy groups -OCH3 is 1. The van der Waals surface area contributed by atoms with Crippen LogP contribution in [0.3, 0.4) is 0 Å². The van der Waals surface area contributed by atoms with Crippen LogP contribution in [-0.4, -0.2) is 12.0 Å². The molecule has 0 spiro atoms. The third kappa shape index (κ3) is 1.80. The van der Waals surface area contributed by atoms with Crippen molar-refractivity contribution in [3.05, 3.63) is 33.6 Å². The summed E-state index contributed by atoms with van der Waals surface area (Å²) >= 11 is 0. The minimum Gasteiger partial charge on any atom is -0.490 e. The summed E-state index contributed by atoms with van der Waals surface area (Å²) in [5.41, 5.74) is 5.06. The molecule has 0 heterocycles. The Morgan fingerprint density at radius 1 is 1.64 bits per heavy atom. The molecule has 0 saturated carbocycles. The average Bonchev–Trinajstić information content (AvgIpc) is 2.15. The number of halogens is 1. The van der Waals surface area contributed by atoms with Gasteiger partial charge in [-0.25, -0.2) is 0 Å². The Morgan fingerprint density at radius 3 is 2.71 bits per heavy atom. The number of ether oxygens (including phenoxy) is 1. The summed E-state index contributed by atoms with van der Waals surface area (Å²) in [6, 6.07) is 2.38. The maximum Gasteiger partial charge on any atom is 0.346 e. The van der Waals surface area contributed by atoms with Crippen molar-refractivity contribution >= 4 is 5.69 Å². The van der Waals surface area contributed by atoms with Gasteiger partial charge >= 0.3 is 5.69 Å². The van der Waals surface area contributed by atoms with E-state index in [1.165, 1.54) is 13.2 Å². The highest BCUT2D eigenvalue weighted by atomic mass is 19.1. The fraction of sp³-hybridized carbons (Fsp3) is 0.250. The Labute approximate surface area is 79.4 Å². The fourth-order valence-corrected chi connectivity index (χ4v) is 1.08. The second-order valence-electron chi connectivity index (χ2n) is 2.59. The molecule has 1 aromatic rings. The number of benzene rings is 1. The van der Waals surface area contributed by atoms with Gasteiger partial charge in [0.15, 0.2) is 5.75 Å². The van der Waals surface area contributed by atoms with E-state index in [9.17, 15) is 14.5 Å². The predicted molar refractivity (Wildman–Crippen MR) is 47.5 cm³/mol. The van der Waals surface area contributed by atoms with Gasteiger partial charge in [-0.1, -0.05) is 0 Å². The van der Waals surface area contributed by atoms with Crippen LogP contribution in [0.1, 0.15) is 5.56 Å². The minimum atomic E-state index is -0.935. The monoisotopic (exact) mass is 200 g/mol. The zero-order chi connectivity index (χ0) is 10.7. The molecule has 0 bridgehead atoms. The molecule has 0 atom stereocenters. The summed E-state index contributed by atoms with van der Waals surface area (Å²) in [4.78, 5) is 9.63. The van der Waals surface area contributed by atoms with Gasteiger partial charge in [0.25, 0.3) is 0 Å². The predicted octanol–water partition coefficient (Wildman–Crippen LogP) is 1.20. The summed E-state index contributed by atoms with van der Waals surface area (Å²) in [6.45, 7) is 0.102. The molecule has 0 aliphatic rings. The molecule has 1 aromatic carbocycles. The number of nitro benzene ring substituents is 1. The molecule has 0 fully saturated rings. The van der Waals surface area contributed by atoms with E-state index in [1.54, 1.807) is 0 Å². The van der Waals surface area contributed by atoms with E-state index in [-0.39, 0.29) is 12.3 Å². The van der Waals surface area contributed by atoms with Gasteiger partial charge in [0.1, 0.15) is 0 Å². The van der Waals surface area contributed by atoms with Crippen LogP contribution in [0.5, 0.6) is 5.75 Å². The van der Waals surface area contributed by atoms with Crippen molar-refractivity contribution < 1.29 is 14.1 Å². The molecule has 0 amide bonds. The molecule has 76 valence electrons. The van der Waals surface area contributed by atoms with Crippen molar-refractivity contribution in [1.82, 2.24) is 0 Å². The first kappa shape index (κ1) is 10.4. The molecule has 0 aromatic heterocycles. The Hall–Kier alpha value is -1.69. The van der Waals surface area contributed by atoms with E-state index in [1.807, 2.05) is 0 Å². The van der Waals surface area contributed by atoms with Crippen LogP contribution < -0.4 is 10.5 Å². The second kappa shape index (κ2) is 4.01. The maximum atomic E-state index is 13.2. The Bertz CT molecular complexity index is 368. The van der Waals surface area contributed by atoms with Crippen LogP contribution in [-0.2, 0) is 6.54 Å². The quantitative estimate of drug-likeness (QED) is 0.587. The minimum absolute atomic E-state index is 0.102. The first-order chi connectivity index (χ1) is 6.60. The summed E-state index contributed by atoms with van der Waals surface area (Å²) in [5.74, 6) is -1.05. The van der Waals surface area contributed by atoms with Gasteiger partial charge in [0.05, 0.1) is 12.0 Å². The third-order valence-corrected chi connectivity index (χ3v) is 1.73. The van der Waals surface area contributed by atoms with E-state index in [0.717, 1.165) is 6.07 Å². The van der Waals surface area contributed by atoms with Gasteiger partial charge < -0.3 is 10.5 Å². The number of nitro groups is 1. The maximum absolute atomic E-state index is 13.2. The first-order valence-corrected chi connectivity index (χ1v) is 3.81. The lowest BCUT2D eigenvalue weighted by atomic mass is 10.2. The van der Waals surface area contributed by atoms with Gasteiger partial charge in [0, 0.05) is 6.54 Å². The molecule has 6 heteroatoms. The number of hydrogen-bond acceptors (Lipinski definition) is 4. The van der Waals surface area contributed by atoms with E-state index in [4.69, 9.17) is 10.5 Å². The molecule has 0 aliphatic heterocycles. The Balaban J connectivity index is 3.34. The largest absolute Gasteiger partial charge is 0.490 e. The number of hydrogen-bond donors (Lipinski definition) is 1. The van der Waals surface area contributed by atoms with Gasteiger partial charge in [-0.15, -0.1) is 0 Å². The third-order valence-electron chi connectivity index (χ3n) is 1.73. The van der Waals surface area contributed by atoms with E-state index in [0.29, 0.717) is 5.56 Å². The summed E-state index contributed by atoms with van der Waals surface area (Å²) in [6.07, 6.45) is 0. The highest BCUT2D eigenvalue weighted by Gasteiger charge is 2.21. The van der Waals surface area contributed by atoms with Crippen LogP contribution in [0, 0.1) is 15.9 Å². The van der Waals surface area contributed by atoms with E-state index in [2.05, 4.69) is 0 Å². The number of nitrogens with zero attached hydrogens (tertiary/aromatic N) is 1. The second-order valence-corrected chi connectivity index (χ2v) is 2.59. The van der Waals surface area contributed by atoms with Crippen LogP contribution in [0.2, 0.25) is 0 Å². The highest BCUT2D eigenvalue weighted by Crippen LogP contribution is 2.30. The molecule has 14 heavy (non-hydrogen) atoms. The van der Waals surface area contributed by atoms with Crippen LogP contribution in [0.25, 0.3) is 0 Å². The lowest BCUT2D eigenvalue weighted by molar-refractivity contribution is -0.388. The highest BCUT2D eigenvalue weighted by molar-refractivity contribution is 5.49. The zero-order valence-corrected chi connectivity index (χ0v) is 7.49. The molecule has 0 saturated heterocycles. The van der Waals surface area contributed by atoms with Gasteiger partial charge in [-0.2, -0.15) is 4.39 Å². The normalized spacial score (nSPS) is 9.93. The van der Waals surface area contributed by atoms with Crippen LogP contribution in [0.4, 0.5) is 10.1 Å². The molecule has 1 rings (SSSR count). The first-order valence-electron chi connectivity index (χ1n) is 3.81. The zero-order valence-electron chi connectivity index (χ0n) is 7.49.